The zero-order chi connectivity index (χ0) is 14.0. The highest BCUT2D eigenvalue weighted by Crippen LogP contribution is 2.25. The number of hydrogen-bond donors (Lipinski definition) is 2. The van der Waals surface area contributed by atoms with E-state index in [9.17, 15) is 14.4 Å². The maximum atomic E-state index is 12.1. The minimum absolute atomic E-state index is 0.0224. The van der Waals surface area contributed by atoms with Crippen LogP contribution in [0, 0.1) is 5.92 Å². The summed E-state index contributed by atoms with van der Waals surface area (Å²) in [6.07, 6.45) is 0.845. The number of Topliss-reactive ketones (excluding diaryl/α,β-unsaturated/α-hetero) is 1. The third-order valence-corrected chi connectivity index (χ3v) is 3.21. The summed E-state index contributed by atoms with van der Waals surface area (Å²) in [5.74, 6) is -1.73. The van der Waals surface area contributed by atoms with Gasteiger partial charge in [0.05, 0.1) is 6.42 Å². The summed E-state index contributed by atoms with van der Waals surface area (Å²) in [4.78, 5) is 33.9. The number of carboxylic acid groups (broad SMARTS) is 1. The lowest BCUT2D eigenvalue weighted by Gasteiger charge is -2.18. The van der Waals surface area contributed by atoms with Gasteiger partial charge < -0.3 is 10.4 Å². The maximum Gasteiger partial charge on any atom is 0.304 e. The molecule has 0 saturated carbocycles. The molecule has 1 amide bonds. The van der Waals surface area contributed by atoms with Gasteiger partial charge in [0.25, 0.3) is 0 Å². The molecule has 1 atom stereocenters. The van der Waals surface area contributed by atoms with Crippen LogP contribution in [0.1, 0.15) is 35.7 Å². The number of fused-ring (bicyclic) bond motifs is 1. The van der Waals surface area contributed by atoms with Crippen molar-refractivity contribution in [2.45, 2.75) is 26.2 Å². The average molecular weight is 261 g/mol. The van der Waals surface area contributed by atoms with E-state index in [1.165, 1.54) is 0 Å². The number of carbonyl (C=O) groups is 3. The minimum atomic E-state index is -0.980. The Kier molecular flexibility index (Phi) is 3.64. The average Bonchev–Trinajstić information content (AvgIpc) is 2.36. The number of aryl methyl sites for hydroxylation is 1. The van der Waals surface area contributed by atoms with Gasteiger partial charge in [-0.1, -0.05) is 6.92 Å². The number of carboxylic acids is 1. The van der Waals surface area contributed by atoms with Crippen molar-refractivity contribution in [1.29, 1.82) is 0 Å². The third kappa shape index (κ3) is 2.99. The van der Waals surface area contributed by atoms with Crippen molar-refractivity contribution in [3.05, 3.63) is 29.3 Å². The van der Waals surface area contributed by atoms with Gasteiger partial charge in [-0.05, 0) is 30.2 Å². The van der Waals surface area contributed by atoms with Crippen LogP contribution in [0.4, 0.5) is 5.69 Å². The van der Waals surface area contributed by atoms with Crippen LogP contribution in [0.25, 0.3) is 0 Å². The monoisotopic (exact) mass is 261 g/mol. The molecule has 0 fully saturated rings. The fraction of sp³-hybridized carbons (Fsp3) is 0.357. The van der Waals surface area contributed by atoms with E-state index in [0.29, 0.717) is 18.4 Å². The lowest BCUT2D eigenvalue weighted by atomic mass is 9.93. The smallest absolute Gasteiger partial charge is 0.304 e. The molecule has 1 aromatic rings. The van der Waals surface area contributed by atoms with E-state index in [-0.39, 0.29) is 18.1 Å². The molecule has 1 heterocycles. The minimum Gasteiger partial charge on any atom is -0.481 e. The molecule has 0 bridgehead atoms. The Hall–Kier alpha value is -2.17. The lowest BCUT2D eigenvalue weighted by molar-refractivity contribution is -0.137. The summed E-state index contributed by atoms with van der Waals surface area (Å²) in [7, 11) is 0. The van der Waals surface area contributed by atoms with Crippen molar-refractivity contribution < 1.29 is 19.5 Å². The van der Waals surface area contributed by atoms with Crippen LogP contribution < -0.4 is 5.32 Å². The second-order valence-corrected chi connectivity index (χ2v) is 4.78. The Morgan fingerprint density at radius 1 is 1.37 bits per heavy atom. The SMILES string of the molecule is CC(CC(=O)O)C(=O)c1ccc2c(c1)CCC(=O)N2. The second kappa shape index (κ2) is 5.22. The van der Waals surface area contributed by atoms with E-state index in [4.69, 9.17) is 5.11 Å². The first-order valence-electron chi connectivity index (χ1n) is 6.16. The van der Waals surface area contributed by atoms with Gasteiger partial charge in [0.1, 0.15) is 0 Å². The van der Waals surface area contributed by atoms with Gasteiger partial charge in [0, 0.05) is 23.6 Å². The molecule has 1 aliphatic heterocycles. The van der Waals surface area contributed by atoms with E-state index < -0.39 is 11.9 Å². The summed E-state index contributed by atoms with van der Waals surface area (Å²) >= 11 is 0. The van der Waals surface area contributed by atoms with Crippen LogP contribution in [0.2, 0.25) is 0 Å². The number of anilines is 1. The zero-order valence-electron chi connectivity index (χ0n) is 10.6. The molecule has 5 nitrogen and oxygen atoms in total. The van der Waals surface area contributed by atoms with Crippen molar-refractivity contribution in [2.24, 2.45) is 5.92 Å². The summed E-state index contributed by atoms with van der Waals surface area (Å²) in [5.41, 5.74) is 2.16. The molecule has 0 spiro atoms. The molecule has 2 N–H and O–H groups in total. The summed E-state index contributed by atoms with van der Waals surface area (Å²) in [6.45, 7) is 1.61. The molecular formula is C14H15NO4. The van der Waals surface area contributed by atoms with Crippen LogP contribution >= 0.6 is 0 Å². The summed E-state index contributed by atoms with van der Waals surface area (Å²) in [5, 5.41) is 11.4. The molecule has 19 heavy (non-hydrogen) atoms. The number of nitrogens with one attached hydrogen (secondary N) is 1. The van der Waals surface area contributed by atoms with E-state index in [2.05, 4.69) is 5.32 Å². The maximum absolute atomic E-state index is 12.1. The van der Waals surface area contributed by atoms with E-state index in [0.717, 1.165) is 11.3 Å². The van der Waals surface area contributed by atoms with Gasteiger partial charge in [0.2, 0.25) is 5.91 Å². The van der Waals surface area contributed by atoms with Crippen LogP contribution in [0.5, 0.6) is 0 Å². The first-order chi connectivity index (χ1) is 8.97. The van der Waals surface area contributed by atoms with Crippen molar-refractivity contribution in [3.8, 4) is 0 Å². The van der Waals surface area contributed by atoms with E-state index >= 15 is 0 Å². The summed E-state index contributed by atoms with van der Waals surface area (Å²) in [6, 6.07) is 5.08. The van der Waals surface area contributed by atoms with Crippen molar-refractivity contribution >= 4 is 23.3 Å². The highest BCUT2D eigenvalue weighted by atomic mass is 16.4. The van der Waals surface area contributed by atoms with Gasteiger partial charge in [-0.15, -0.1) is 0 Å². The van der Waals surface area contributed by atoms with Gasteiger partial charge in [-0.2, -0.15) is 0 Å². The Morgan fingerprint density at radius 3 is 2.79 bits per heavy atom. The number of amides is 1. The van der Waals surface area contributed by atoms with Gasteiger partial charge >= 0.3 is 5.97 Å². The fourth-order valence-electron chi connectivity index (χ4n) is 2.18. The van der Waals surface area contributed by atoms with Crippen molar-refractivity contribution in [1.82, 2.24) is 0 Å². The molecule has 0 radical (unpaired) electrons. The molecule has 1 aromatic carbocycles. The van der Waals surface area contributed by atoms with E-state index in [1.54, 1.807) is 25.1 Å². The first-order valence-corrected chi connectivity index (χ1v) is 6.16. The highest BCUT2D eigenvalue weighted by molar-refractivity contribution is 6.01. The van der Waals surface area contributed by atoms with E-state index in [1.807, 2.05) is 0 Å². The molecule has 1 unspecified atom stereocenters. The first kappa shape index (κ1) is 13.3. The predicted molar refractivity (Wildman–Crippen MR) is 69.1 cm³/mol. The molecule has 1 aliphatic rings. The van der Waals surface area contributed by atoms with Crippen LogP contribution in [0.15, 0.2) is 18.2 Å². The number of carbonyl (C=O) groups excluding carboxylic acids is 2. The molecule has 100 valence electrons. The highest BCUT2D eigenvalue weighted by Gasteiger charge is 2.21. The topological polar surface area (TPSA) is 83.5 Å². The second-order valence-electron chi connectivity index (χ2n) is 4.78. The number of hydrogen-bond acceptors (Lipinski definition) is 3. The molecule has 2 rings (SSSR count). The van der Waals surface area contributed by atoms with Gasteiger partial charge in [0.15, 0.2) is 5.78 Å². The van der Waals surface area contributed by atoms with Crippen LogP contribution in [-0.2, 0) is 16.0 Å². The lowest BCUT2D eigenvalue weighted by Crippen LogP contribution is -2.20. The Balaban J connectivity index is 2.20. The largest absolute Gasteiger partial charge is 0.481 e. The Bertz CT molecular complexity index is 550. The predicted octanol–water partition coefficient (Wildman–Crippen LogP) is 1.86. The number of aliphatic carboxylic acids is 1. The molecule has 0 saturated heterocycles. The third-order valence-electron chi connectivity index (χ3n) is 3.21. The van der Waals surface area contributed by atoms with Crippen LogP contribution in [-0.4, -0.2) is 22.8 Å². The Morgan fingerprint density at radius 2 is 2.11 bits per heavy atom. The van der Waals surface area contributed by atoms with Crippen molar-refractivity contribution in [3.63, 3.8) is 0 Å². The summed E-state index contributed by atoms with van der Waals surface area (Å²) < 4.78 is 0. The van der Waals surface area contributed by atoms with Gasteiger partial charge in [-0.3, -0.25) is 14.4 Å². The fourth-order valence-corrected chi connectivity index (χ4v) is 2.18. The number of rotatable bonds is 4. The molecule has 5 heteroatoms. The normalized spacial score (nSPS) is 15.3. The standard InChI is InChI=1S/C14H15NO4/c1-8(6-13(17)18)14(19)10-2-4-11-9(7-10)3-5-12(16)15-11/h2,4,7-8H,3,5-6H2,1H3,(H,15,16)(H,17,18). The quantitative estimate of drug-likeness (QED) is 0.810. The number of ketones is 1. The molecular weight excluding hydrogens is 246 g/mol. The molecule has 0 aromatic heterocycles. The zero-order valence-corrected chi connectivity index (χ0v) is 10.6. The Labute approximate surface area is 110 Å². The van der Waals surface area contributed by atoms with Crippen molar-refractivity contribution in [2.75, 3.05) is 5.32 Å². The number of benzene rings is 1. The molecule has 0 aliphatic carbocycles. The van der Waals surface area contributed by atoms with Gasteiger partial charge in [-0.25, -0.2) is 0 Å². The van der Waals surface area contributed by atoms with Crippen LogP contribution in [0.3, 0.4) is 0 Å².